The molecule has 3 N–H and O–H groups in total. The van der Waals surface area contributed by atoms with Gasteiger partial charge in [-0.2, -0.15) is 0 Å². The molecular weight excluding hydrogens is 328 g/mol. The lowest BCUT2D eigenvalue weighted by Gasteiger charge is -2.34. The molecule has 1 saturated carbocycles. The van der Waals surface area contributed by atoms with Crippen LogP contribution < -0.4 is 10.5 Å². The minimum absolute atomic E-state index is 0.250. The molecule has 0 radical (unpaired) electrons. The Morgan fingerprint density at radius 3 is 2.47 bits per heavy atom. The van der Waals surface area contributed by atoms with E-state index >= 15 is 0 Å². The number of hydrogen-bond donors (Lipinski definition) is 2. The first-order valence-electron chi connectivity index (χ1n) is 6.41. The van der Waals surface area contributed by atoms with E-state index in [-0.39, 0.29) is 10.4 Å². The molecule has 2 rings (SSSR count). The summed E-state index contributed by atoms with van der Waals surface area (Å²) in [5.74, 6) is 0. The van der Waals surface area contributed by atoms with Gasteiger partial charge in [-0.3, -0.25) is 0 Å². The lowest BCUT2D eigenvalue weighted by atomic mass is 9.84. The molecule has 106 valence electrons. The summed E-state index contributed by atoms with van der Waals surface area (Å²) < 4.78 is 28.2. The number of nitrogen functional groups attached to an aromatic ring is 1. The van der Waals surface area contributed by atoms with Crippen molar-refractivity contribution in [3.63, 3.8) is 0 Å². The molecular formula is C13H19BrN2O2S. The largest absolute Gasteiger partial charge is 0.398 e. The summed E-state index contributed by atoms with van der Waals surface area (Å²) in [4.78, 5) is 0.250. The maximum Gasteiger partial charge on any atom is 0.241 e. The third-order valence-corrected chi connectivity index (χ3v) is 5.94. The van der Waals surface area contributed by atoms with Crippen LogP contribution in [0.1, 0.15) is 39.0 Å². The highest BCUT2D eigenvalue weighted by molar-refractivity contribution is 9.10. The van der Waals surface area contributed by atoms with Crippen LogP contribution in [-0.4, -0.2) is 14.0 Å². The van der Waals surface area contributed by atoms with E-state index < -0.39 is 10.0 Å². The molecule has 6 heteroatoms. The molecule has 0 aromatic heterocycles. The van der Waals surface area contributed by atoms with E-state index in [9.17, 15) is 8.42 Å². The quantitative estimate of drug-likeness (QED) is 0.826. The van der Waals surface area contributed by atoms with E-state index in [1.54, 1.807) is 12.1 Å². The molecule has 0 atom stereocenters. The van der Waals surface area contributed by atoms with Crippen molar-refractivity contribution in [1.82, 2.24) is 4.72 Å². The molecule has 1 aromatic rings. The summed E-state index contributed by atoms with van der Waals surface area (Å²) in [5.41, 5.74) is 5.88. The van der Waals surface area contributed by atoms with Gasteiger partial charge in [0.2, 0.25) is 10.0 Å². The number of nitrogens with two attached hydrogens (primary N) is 1. The van der Waals surface area contributed by atoms with E-state index in [1.807, 2.05) is 6.92 Å². The average molecular weight is 347 g/mol. The van der Waals surface area contributed by atoms with Crippen LogP contribution in [0, 0.1) is 0 Å². The van der Waals surface area contributed by atoms with Crippen LogP contribution in [0.25, 0.3) is 0 Å². The van der Waals surface area contributed by atoms with Crippen LogP contribution in [0.4, 0.5) is 5.69 Å². The summed E-state index contributed by atoms with van der Waals surface area (Å²) in [5, 5.41) is 0. The van der Waals surface area contributed by atoms with Crippen molar-refractivity contribution in [3.05, 3.63) is 22.7 Å². The van der Waals surface area contributed by atoms with Crippen LogP contribution in [-0.2, 0) is 10.0 Å². The van der Waals surface area contributed by atoms with E-state index in [2.05, 4.69) is 20.7 Å². The van der Waals surface area contributed by atoms with E-state index in [4.69, 9.17) is 5.73 Å². The molecule has 0 heterocycles. The van der Waals surface area contributed by atoms with Gasteiger partial charge in [-0.1, -0.05) is 19.3 Å². The zero-order valence-electron chi connectivity index (χ0n) is 10.9. The highest BCUT2D eigenvalue weighted by atomic mass is 79.9. The van der Waals surface area contributed by atoms with Crippen molar-refractivity contribution in [2.24, 2.45) is 0 Å². The molecule has 0 aliphatic heterocycles. The monoisotopic (exact) mass is 346 g/mol. The molecule has 1 aromatic carbocycles. The molecule has 1 fully saturated rings. The maximum atomic E-state index is 12.4. The second-order valence-corrected chi connectivity index (χ2v) is 7.95. The number of halogens is 1. The van der Waals surface area contributed by atoms with Gasteiger partial charge in [0.05, 0.1) is 4.90 Å². The van der Waals surface area contributed by atoms with Gasteiger partial charge < -0.3 is 5.73 Å². The summed E-state index contributed by atoms with van der Waals surface area (Å²) in [6.07, 6.45) is 5.12. The normalized spacial score (nSPS) is 19.3. The summed E-state index contributed by atoms with van der Waals surface area (Å²) in [6, 6.07) is 4.68. The number of nitrogens with one attached hydrogen (secondary N) is 1. The molecule has 4 nitrogen and oxygen atoms in total. The Balaban J connectivity index is 2.24. The minimum Gasteiger partial charge on any atom is -0.398 e. The predicted octanol–water partition coefficient (Wildman–Crippen LogP) is 3.03. The number of sulfonamides is 1. The van der Waals surface area contributed by atoms with Crippen molar-refractivity contribution >= 4 is 31.6 Å². The SMILES string of the molecule is CC1(NS(=O)(=O)c2ccc(N)c(Br)c2)CCCCC1. The fraction of sp³-hybridized carbons (Fsp3) is 0.538. The van der Waals surface area contributed by atoms with Crippen molar-refractivity contribution in [2.75, 3.05) is 5.73 Å². The Labute approximate surface area is 122 Å². The summed E-state index contributed by atoms with van der Waals surface area (Å²) in [6.45, 7) is 1.98. The molecule has 1 aliphatic carbocycles. The van der Waals surface area contributed by atoms with Crippen molar-refractivity contribution in [3.8, 4) is 0 Å². The fourth-order valence-corrected chi connectivity index (χ4v) is 4.51. The van der Waals surface area contributed by atoms with Gasteiger partial charge in [0.15, 0.2) is 0 Å². The Morgan fingerprint density at radius 2 is 1.89 bits per heavy atom. The maximum absolute atomic E-state index is 12.4. The van der Waals surface area contributed by atoms with E-state index in [0.29, 0.717) is 10.2 Å². The number of hydrogen-bond acceptors (Lipinski definition) is 3. The summed E-state index contributed by atoms with van der Waals surface area (Å²) >= 11 is 3.26. The van der Waals surface area contributed by atoms with Crippen molar-refractivity contribution < 1.29 is 8.42 Å². The zero-order chi connectivity index (χ0) is 14.1. The molecule has 0 saturated heterocycles. The fourth-order valence-electron chi connectivity index (χ4n) is 2.49. The van der Waals surface area contributed by atoms with Gasteiger partial charge in [-0.15, -0.1) is 0 Å². The average Bonchev–Trinajstić information content (AvgIpc) is 2.32. The molecule has 0 spiro atoms. The standard InChI is InChI=1S/C13H19BrN2O2S/c1-13(7-3-2-4-8-13)16-19(17,18)10-5-6-12(15)11(14)9-10/h5-6,9,16H,2-4,7-8,15H2,1H3. The summed E-state index contributed by atoms with van der Waals surface area (Å²) in [7, 11) is -3.49. The van der Waals surface area contributed by atoms with Crippen LogP contribution in [0.5, 0.6) is 0 Å². The second kappa shape index (κ2) is 5.42. The molecule has 1 aliphatic rings. The van der Waals surface area contributed by atoms with Crippen LogP contribution >= 0.6 is 15.9 Å². The lowest BCUT2D eigenvalue weighted by molar-refractivity contribution is 0.294. The van der Waals surface area contributed by atoms with Crippen molar-refractivity contribution in [2.45, 2.75) is 49.5 Å². The Kier molecular flexibility index (Phi) is 4.23. The van der Waals surface area contributed by atoms with Crippen LogP contribution in [0.3, 0.4) is 0 Å². The van der Waals surface area contributed by atoms with Gasteiger partial charge >= 0.3 is 0 Å². The first-order chi connectivity index (χ1) is 8.82. The van der Waals surface area contributed by atoms with Crippen LogP contribution in [0.2, 0.25) is 0 Å². The van der Waals surface area contributed by atoms with Gasteiger partial charge in [-0.05, 0) is 53.9 Å². The number of benzene rings is 1. The minimum atomic E-state index is -3.49. The number of rotatable bonds is 3. The third kappa shape index (κ3) is 3.49. The van der Waals surface area contributed by atoms with Gasteiger partial charge in [0.25, 0.3) is 0 Å². The van der Waals surface area contributed by atoms with Gasteiger partial charge in [0.1, 0.15) is 0 Å². The van der Waals surface area contributed by atoms with E-state index in [0.717, 1.165) is 25.7 Å². The van der Waals surface area contributed by atoms with Gasteiger partial charge in [-0.25, -0.2) is 13.1 Å². The zero-order valence-corrected chi connectivity index (χ0v) is 13.4. The smallest absolute Gasteiger partial charge is 0.241 e. The predicted molar refractivity (Wildman–Crippen MR) is 80.4 cm³/mol. The Hall–Kier alpha value is -0.590. The second-order valence-electron chi connectivity index (χ2n) is 5.41. The lowest BCUT2D eigenvalue weighted by Crippen LogP contribution is -2.47. The molecule has 19 heavy (non-hydrogen) atoms. The molecule has 0 amide bonds. The van der Waals surface area contributed by atoms with Crippen LogP contribution in [0.15, 0.2) is 27.6 Å². The number of anilines is 1. The van der Waals surface area contributed by atoms with Crippen molar-refractivity contribution in [1.29, 1.82) is 0 Å². The highest BCUT2D eigenvalue weighted by Crippen LogP contribution is 2.30. The first kappa shape index (κ1) is 14.8. The van der Waals surface area contributed by atoms with E-state index in [1.165, 1.54) is 12.5 Å². The van der Waals surface area contributed by atoms with Gasteiger partial charge in [0, 0.05) is 15.7 Å². The Bertz CT molecular complexity index is 566. The molecule has 0 bridgehead atoms. The first-order valence-corrected chi connectivity index (χ1v) is 8.69. The third-order valence-electron chi connectivity index (χ3n) is 3.62. The molecule has 0 unspecified atom stereocenters. The topological polar surface area (TPSA) is 72.2 Å². The Morgan fingerprint density at radius 1 is 1.26 bits per heavy atom. The highest BCUT2D eigenvalue weighted by Gasteiger charge is 2.32.